The molecule has 2 N–H and O–H groups in total. The van der Waals surface area contributed by atoms with Crippen molar-refractivity contribution >= 4 is 23.6 Å². The molecule has 0 bridgehead atoms. The molecular weight excluding hydrogens is 396 g/mol. The van der Waals surface area contributed by atoms with Gasteiger partial charge in [0.2, 0.25) is 11.8 Å². The Morgan fingerprint density at radius 1 is 0.935 bits per heavy atom. The number of fused-ring (bicyclic) bond motifs is 1. The van der Waals surface area contributed by atoms with Gasteiger partial charge < -0.3 is 5.32 Å². The Balaban J connectivity index is 1.25. The maximum atomic E-state index is 13.0. The number of imide groups is 2. The summed E-state index contributed by atoms with van der Waals surface area (Å²) in [4.78, 5) is 52.9. The molecule has 8 nitrogen and oxygen atoms in total. The van der Waals surface area contributed by atoms with E-state index in [4.69, 9.17) is 0 Å². The average molecular weight is 425 g/mol. The summed E-state index contributed by atoms with van der Waals surface area (Å²) in [6.07, 6.45) is 5.24. The molecule has 0 aliphatic carbocycles. The van der Waals surface area contributed by atoms with Crippen molar-refractivity contribution in [3.8, 4) is 0 Å². The first-order valence-electron chi connectivity index (χ1n) is 11.3. The molecule has 0 radical (unpaired) electrons. The van der Waals surface area contributed by atoms with Crippen molar-refractivity contribution in [2.75, 3.05) is 19.6 Å². The third kappa shape index (κ3) is 3.78. The first-order chi connectivity index (χ1) is 15.0. The number of benzene rings is 1. The summed E-state index contributed by atoms with van der Waals surface area (Å²) >= 11 is 0. The van der Waals surface area contributed by atoms with Gasteiger partial charge in [-0.25, -0.2) is 0 Å². The maximum absolute atomic E-state index is 13.0. The van der Waals surface area contributed by atoms with E-state index in [2.05, 4.69) is 15.5 Å². The average Bonchev–Trinajstić information content (AvgIpc) is 3.37. The lowest BCUT2D eigenvalue weighted by molar-refractivity contribution is -0.136. The van der Waals surface area contributed by atoms with Crippen LogP contribution in [-0.2, 0) is 16.1 Å². The van der Waals surface area contributed by atoms with Gasteiger partial charge in [0.15, 0.2) is 0 Å². The number of amides is 4. The second-order valence-corrected chi connectivity index (χ2v) is 9.14. The minimum atomic E-state index is -0.920. The highest BCUT2D eigenvalue weighted by atomic mass is 16.2. The van der Waals surface area contributed by atoms with E-state index in [-0.39, 0.29) is 18.7 Å². The van der Waals surface area contributed by atoms with Gasteiger partial charge in [-0.2, -0.15) is 0 Å². The van der Waals surface area contributed by atoms with Gasteiger partial charge in [-0.1, -0.05) is 6.07 Å². The predicted molar refractivity (Wildman–Crippen MR) is 112 cm³/mol. The highest BCUT2D eigenvalue weighted by Crippen LogP contribution is 2.30. The second kappa shape index (κ2) is 8.16. The van der Waals surface area contributed by atoms with Crippen LogP contribution < -0.4 is 10.6 Å². The minimum absolute atomic E-state index is 0.126. The van der Waals surface area contributed by atoms with Gasteiger partial charge in [-0.05, 0) is 75.4 Å². The Morgan fingerprint density at radius 2 is 1.71 bits per heavy atom. The number of likely N-dealkylation sites (tertiary alicyclic amines) is 1. The molecule has 1 aromatic rings. The quantitative estimate of drug-likeness (QED) is 0.701. The fraction of sp³-hybridized carbons (Fsp3) is 0.565. The van der Waals surface area contributed by atoms with Gasteiger partial charge >= 0.3 is 0 Å². The second-order valence-electron chi connectivity index (χ2n) is 9.14. The largest absolute Gasteiger partial charge is 0.314 e. The molecular formula is C23H28N4O4. The van der Waals surface area contributed by atoms with Crippen LogP contribution in [0.15, 0.2) is 18.2 Å². The van der Waals surface area contributed by atoms with Crippen molar-refractivity contribution in [2.45, 2.75) is 57.2 Å². The molecule has 4 aliphatic rings. The molecule has 2 atom stereocenters. The summed E-state index contributed by atoms with van der Waals surface area (Å²) in [6, 6.07) is 5.15. The van der Waals surface area contributed by atoms with E-state index in [0.29, 0.717) is 17.2 Å². The van der Waals surface area contributed by atoms with Crippen LogP contribution in [0.5, 0.6) is 0 Å². The predicted octanol–water partition coefficient (Wildman–Crippen LogP) is 1.05. The van der Waals surface area contributed by atoms with Crippen LogP contribution in [-0.4, -0.2) is 65.1 Å². The molecule has 0 spiro atoms. The molecule has 4 amide bonds. The minimum Gasteiger partial charge on any atom is -0.314 e. The number of nitrogens with one attached hydrogen (secondary N) is 2. The first kappa shape index (κ1) is 20.3. The summed E-state index contributed by atoms with van der Waals surface area (Å²) in [5, 5.41) is 5.85. The fourth-order valence-corrected chi connectivity index (χ4v) is 5.50. The van der Waals surface area contributed by atoms with Crippen LogP contribution in [0.3, 0.4) is 0 Å². The van der Waals surface area contributed by atoms with E-state index >= 15 is 0 Å². The smallest absolute Gasteiger partial charge is 0.262 e. The summed E-state index contributed by atoms with van der Waals surface area (Å²) < 4.78 is 0. The van der Waals surface area contributed by atoms with E-state index in [1.165, 1.54) is 25.7 Å². The van der Waals surface area contributed by atoms with Gasteiger partial charge in [0, 0.05) is 19.0 Å². The summed E-state index contributed by atoms with van der Waals surface area (Å²) in [5.41, 5.74) is 1.70. The van der Waals surface area contributed by atoms with Crippen molar-refractivity contribution in [3.63, 3.8) is 0 Å². The topological polar surface area (TPSA) is 98.8 Å². The molecule has 0 saturated carbocycles. The van der Waals surface area contributed by atoms with Crippen molar-refractivity contribution in [1.29, 1.82) is 0 Å². The Labute approximate surface area is 181 Å². The zero-order chi connectivity index (χ0) is 21.5. The maximum Gasteiger partial charge on any atom is 0.262 e. The lowest BCUT2D eigenvalue weighted by atomic mass is 9.88. The SMILES string of the molecule is O=C1CCC(N2C(=O)c3ccc(CN4CCC(C5CCCN5)CC4)cc3C2=O)C(=O)N1. The van der Waals surface area contributed by atoms with E-state index in [0.717, 1.165) is 42.6 Å². The normalized spacial score (nSPS) is 27.7. The van der Waals surface area contributed by atoms with E-state index in [1.54, 1.807) is 12.1 Å². The van der Waals surface area contributed by atoms with Crippen molar-refractivity contribution < 1.29 is 19.2 Å². The molecule has 0 aromatic heterocycles. The molecule has 3 fully saturated rings. The van der Waals surface area contributed by atoms with Gasteiger partial charge in [0.05, 0.1) is 11.1 Å². The Hall–Kier alpha value is -2.58. The molecule has 5 rings (SSSR count). The van der Waals surface area contributed by atoms with Gasteiger partial charge in [0.25, 0.3) is 11.8 Å². The Bertz CT molecular complexity index is 932. The first-order valence-corrected chi connectivity index (χ1v) is 11.3. The fourth-order valence-electron chi connectivity index (χ4n) is 5.50. The number of piperidine rings is 2. The monoisotopic (exact) mass is 424 g/mol. The third-order valence-electron chi connectivity index (χ3n) is 7.21. The summed E-state index contributed by atoms with van der Waals surface area (Å²) in [6.45, 7) is 3.96. The van der Waals surface area contributed by atoms with Crippen LogP contribution >= 0.6 is 0 Å². The van der Waals surface area contributed by atoms with Crippen molar-refractivity contribution in [2.24, 2.45) is 5.92 Å². The molecule has 3 saturated heterocycles. The number of hydrogen-bond acceptors (Lipinski definition) is 6. The van der Waals surface area contributed by atoms with Crippen LogP contribution in [0.1, 0.15) is 64.8 Å². The molecule has 1 aromatic carbocycles. The Morgan fingerprint density at radius 3 is 2.42 bits per heavy atom. The number of carbonyl (C=O) groups is 4. The van der Waals surface area contributed by atoms with Crippen LogP contribution in [0.2, 0.25) is 0 Å². The molecule has 4 heterocycles. The third-order valence-corrected chi connectivity index (χ3v) is 7.21. The Kier molecular flexibility index (Phi) is 5.35. The van der Waals surface area contributed by atoms with Crippen LogP contribution in [0, 0.1) is 5.92 Å². The van der Waals surface area contributed by atoms with Gasteiger partial charge in [-0.3, -0.25) is 34.3 Å². The number of nitrogens with zero attached hydrogens (tertiary/aromatic N) is 2. The molecule has 31 heavy (non-hydrogen) atoms. The standard InChI is InChI=1S/C23H28N4O4/c28-20-6-5-19(21(29)25-20)27-22(30)16-4-3-14(12-17(16)23(27)31)13-26-10-7-15(8-11-26)18-2-1-9-24-18/h3-4,12,15,18-19,24H,1-2,5-11,13H2,(H,25,28,29). The van der Waals surface area contributed by atoms with E-state index in [9.17, 15) is 19.2 Å². The van der Waals surface area contributed by atoms with E-state index in [1.807, 2.05) is 6.07 Å². The molecule has 164 valence electrons. The highest BCUT2D eigenvalue weighted by Gasteiger charge is 2.44. The lowest BCUT2D eigenvalue weighted by Crippen LogP contribution is -2.54. The zero-order valence-electron chi connectivity index (χ0n) is 17.6. The lowest BCUT2D eigenvalue weighted by Gasteiger charge is -2.35. The molecule has 2 unspecified atom stereocenters. The number of hydrogen-bond donors (Lipinski definition) is 2. The van der Waals surface area contributed by atoms with Crippen LogP contribution in [0.4, 0.5) is 0 Å². The summed E-state index contributed by atoms with van der Waals surface area (Å²) in [7, 11) is 0. The van der Waals surface area contributed by atoms with Crippen molar-refractivity contribution in [1.82, 2.24) is 20.4 Å². The van der Waals surface area contributed by atoms with Gasteiger partial charge in [0.1, 0.15) is 6.04 Å². The molecule has 8 heteroatoms. The zero-order valence-corrected chi connectivity index (χ0v) is 17.6. The van der Waals surface area contributed by atoms with Crippen LogP contribution in [0.25, 0.3) is 0 Å². The summed E-state index contributed by atoms with van der Waals surface area (Å²) in [5.74, 6) is -1.09. The highest BCUT2D eigenvalue weighted by molar-refractivity contribution is 6.23. The molecule has 4 aliphatic heterocycles. The number of rotatable bonds is 4. The van der Waals surface area contributed by atoms with E-state index < -0.39 is 23.8 Å². The number of carbonyl (C=O) groups excluding carboxylic acids is 4. The van der Waals surface area contributed by atoms with Crippen molar-refractivity contribution in [3.05, 3.63) is 34.9 Å². The van der Waals surface area contributed by atoms with Gasteiger partial charge in [-0.15, -0.1) is 0 Å².